The van der Waals surface area contributed by atoms with Crippen molar-refractivity contribution < 1.29 is 0 Å². The molecular formula is C10H18. The molecule has 0 spiro atoms. The third-order valence-electron chi connectivity index (χ3n) is 2.44. The second-order valence-corrected chi connectivity index (χ2v) is 3.34. The first-order valence-corrected chi connectivity index (χ1v) is 4.55. The summed E-state index contributed by atoms with van der Waals surface area (Å²) in [5, 5.41) is 0. The minimum atomic E-state index is 0.900. The lowest BCUT2D eigenvalue weighted by Crippen LogP contribution is -1.95. The maximum absolute atomic E-state index is 2.41. The fourth-order valence-electron chi connectivity index (χ4n) is 1.75. The van der Waals surface area contributed by atoms with Crippen LogP contribution in [0.4, 0.5) is 0 Å². The lowest BCUT2D eigenvalue weighted by Gasteiger charge is -2.07. The molecule has 1 aliphatic rings. The Hall–Kier alpha value is -0.260. The number of hydrogen-bond acceptors (Lipinski definition) is 0. The molecule has 0 aromatic heterocycles. The normalized spacial score (nSPS) is 31.4. The van der Waals surface area contributed by atoms with Gasteiger partial charge in [-0.1, -0.05) is 32.4 Å². The van der Waals surface area contributed by atoms with Gasteiger partial charge in [-0.3, -0.25) is 0 Å². The zero-order valence-electron chi connectivity index (χ0n) is 7.14. The minimum Gasteiger partial charge on any atom is -0.0851 e. The van der Waals surface area contributed by atoms with Crippen LogP contribution in [0.2, 0.25) is 0 Å². The van der Waals surface area contributed by atoms with Crippen LogP contribution in [0.5, 0.6) is 0 Å². The summed E-state index contributed by atoms with van der Waals surface area (Å²) in [6, 6.07) is 0. The molecule has 0 saturated carbocycles. The second kappa shape index (κ2) is 3.80. The molecule has 1 aliphatic carbocycles. The molecule has 0 N–H and O–H groups in total. The van der Waals surface area contributed by atoms with E-state index in [2.05, 4.69) is 26.0 Å². The zero-order chi connectivity index (χ0) is 7.40. The Morgan fingerprint density at radius 1 is 1.20 bits per heavy atom. The van der Waals surface area contributed by atoms with Crippen molar-refractivity contribution >= 4 is 0 Å². The summed E-state index contributed by atoms with van der Waals surface area (Å²) in [6.07, 6.45) is 10.3. The number of allylic oxidation sites excluding steroid dienone is 2. The van der Waals surface area contributed by atoms with E-state index in [-0.39, 0.29) is 0 Å². The average Bonchev–Trinajstić information content (AvgIpc) is 2.37. The van der Waals surface area contributed by atoms with Gasteiger partial charge in [-0.05, 0) is 31.1 Å². The summed E-state index contributed by atoms with van der Waals surface area (Å²) in [5.74, 6) is 1.81. The van der Waals surface area contributed by atoms with Crippen molar-refractivity contribution in [3.63, 3.8) is 0 Å². The highest BCUT2D eigenvalue weighted by atomic mass is 14.2. The van der Waals surface area contributed by atoms with Crippen LogP contribution < -0.4 is 0 Å². The standard InChI is InChI=1S/C10H18/c1-3-5-10-7-6-9(4-2)8-10/h6-7,9-10H,3-5,8H2,1-2H3. The van der Waals surface area contributed by atoms with Crippen molar-refractivity contribution in [1.29, 1.82) is 0 Å². The fraction of sp³-hybridized carbons (Fsp3) is 0.800. The predicted octanol–water partition coefficient (Wildman–Crippen LogP) is 3.39. The van der Waals surface area contributed by atoms with Crippen LogP contribution in [0.1, 0.15) is 39.5 Å². The summed E-state index contributed by atoms with van der Waals surface area (Å²) in [4.78, 5) is 0. The van der Waals surface area contributed by atoms with Crippen LogP contribution in [0.25, 0.3) is 0 Å². The van der Waals surface area contributed by atoms with Crippen LogP contribution in [0, 0.1) is 11.8 Å². The first-order chi connectivity index (χ1) is 4.86. The first kappa shape index (κ1) is 7.84. The molecule has 0 amide bonds. The van der Waals surface area contributed by atoms with Gasteiger partial charge >= 0.3 is 0 Å². The Kier molecular flexibility index (Phi) is 2.98. The summed E-state index contributed by atoms with van der Waals surface area (Å²) in [6.45, 7) is 4.55. The molecule has 0 heterocycles. The van der Waals surface area contributed by atoms with Crippen molar-refractivity contribution in [1.82, 2.24) is 0 Å². The Balaban J connectivity index is 2.24. The van der Waals surface area contributed by atoms with E-state index < -0.39 is 0 Å². The van der Waals surface area contributed by atoms with Crippen molar-refractivity contribution in [3.8, 4) is 0 Å². The highest BCUT2D eigenvalue weighted by Crippen LogP contribution is 2.28. The van der Waals surface area contributed by atoms with E-state index in [4.69, 9.17) is 0 Å². The van der Waals surface area contributed by atoms with Crippen LogP contribution in [0.15, 0.2) is 12.2 Å². The Labute approximate surface area is 64.3 Å². The third kappa shape index (κ3) is 1.86. The fourth-order valence-corrected chi connectivity index (χ4v) is 1.75. The van der Waals surface area contributed by atoms with Crippen LogP contribution in [0.3, 0.4) is 0 Å². The van der Waals surface area contributed by atoms with Crippen molar-refractivity contribution in [2.45, 2.75) is 39.5 Å². The van der Waals surface area contributed by atoms with Crippen molar-refractivity contribution in [2.24, 2.45) is 11.8 Å². The average molecular weight is 138 g/mol. The molecule has 1 rings (SSSR count). The van der Waals surface area contributed by atoms with E-state index in [1.807, 2.05) is 0 Å². The zero-order valence-corrected chi connectivity index (χ0v) is 7.14. The summed E-state index contributed by atoms with van der Waals surface area (Å²) in [5.41, 5.74) is 0. The summed E-state index contributed by atoms with van der Waals surface area (Å²) < 4.78 is 0. The monoisotopic (exact) mass is 138 g/mol. The quantitative estimate of drug-likeness (QED) is 0.524. The molecule has 2 unspecified atom stereocenters. The van der Waals surface area contributed by atoms with Gasteiger partial charge in [0.1, 0.15) is 0 Å². The van der Waals surface area contributed by atoms with Gasteiger partial charge in [0.15, 0.2) is 0 Å². The summed E-state index contributed by atoms with van der Waals surface area (Å²) >= 11 is 0. The van der Waals surface area contributed by atoms with Crippen LogP contribution >= 0.6 is 0 Å². The minimum absolute atomic E-state index is 0.900. The summed E-state index contributed by atoms with van der Waals surface area (Å²) in [7, 11) is 0. The molecular weight excluding hydrogens is 120 g/mol. The number of rotatable bonds is 3. The molecule has 0 aromatic rings. The van der Waals surface area contributed by atoms with Crippen LogP contribution in [-0.2, 0) is 0 Å². The molecule has 0 aliphatic heterocycles. The molecule has 58 valence electrons. The van der Waals surface area contributed by atoms with Gasteiger partial charge in [0, 0.05) is 0 Å². The molecule has 2 atom stereocenters. The van der Waals surface area contributed by atoms with Gasteiger partial charge < -0.3 is 0 Å². The van der Waals surface area contributed by atoms with Crippen LogP contribution in [-0.4, -0.2) is 0 Å². The van der Waals surface area contributed by atoms with Gasteiger partial charge in [-0.25, -0.2) is 0 Å². The van der Waals surface area contributed by atoms with E-state index in [9.17, 15) is 0 Å². The maximum atomic E-state index is 2.41. The Morgan fingerprint density at radius 3 is 2.40 bits per heavy atom. The number of hydrogen-bond donors (Lipinski definition) is 0. The molecule has 0 saturated heterocycles. The van der Waals surface area contributed by atoms with Gasteiger partial charge in [0.05, 0.1) is 0 Å². The molecule has 0 nitrogen and oxygen atoms in total. The Bertz CT molecular complexity index is 113. The first-order valence-electron chi connectivity index (χ1n) is 4.55. The van der Waals surface area contributed by atoms with Gasteiger partial charge in [-0.15, -0.1) is 0 Å². The van der Waals surface area contributed by atoms with E-state index in [1.165, 1.54) is 25.7 Å². The molecule has 0 fully saturated rings. The maximum Gasteiger partial charge on any atom is -0.0228 e. The Morgan fingerprint density at radius 2 is 1.90 bits per heavy atom. The third-order valence-corrected chi connectivity index (χ3v) is 2.44. The van der Waals surface area contributed by atoms with Gasteiger partial charge in [0.25, 0.3) is 0 Å². The predicted molar refractivity (Wildman–Crippen MR) is 45.9 cm³/mol. The topological polar surface area (TPSA) is 0 Å². The van der Waals surface area contributed by atoms with E-state index in [0.29, 0.717) is 0 Å². The van der Waals surface area contributed by atoms with E-state index in [0.717, 1.165) is 11.8 Å². The highest BCUT2D eigenvalue weighted by Gasteiger charge is 2.15. The molecule has 0 radical (unpaired) electrons. The highest BCUT2D eigenvalue weighted by molar-refractivity contribution is 5.00. The van der Waals surface area contributed by atoms with E-state index in [1.54, 1.807) is 0 Å². The molecule has 0 heteroatoms. The molecule has 10 heavy (non-hydrogen) atoms. The van der Waals surface area contributed by atoms with Gasteiger partial charge in [0.2, 0.25) is 0 Å². The molecule has 0 bridgehead atoms. The lowest BCUT2D eigenvalue weighted by molar-refractivity contribution is 0.482. The van der Waals surface area contributed by atoms with Gasteiger partial charge in [-0.2, -0.15) is 0 Å². The van der Waals surface area contributed by atoms with E-state index >= 15 is 0 Å². The lowest BCUT2D eigenvalue weighted by atomic mass is 9.98. The smallest absolute Gasteiger partial charge is 0.0228 e. The van der Waals surface area contributed by atoms with Crippen molar-refractivity contribution in [3.05, 3.63) is 12.2 Å². The molecule has 0 aromatic carbocycles. The SMILES string of the molecule is CCCC1C=CC(CC)C1. The second-order valence-electron chi connectivity index (χ2n) is 3.34. The largest absolute Gasteiger partial charge is 0.0851 e. The van der Waals surface area contributed by atoms with Crippen molar-refractivity contribution in [2.75, 3.05) is 0 Å².